The second kappa shape index (κ2) is 6.00. The molecule has 3 nitrogen and oxygen atoms in total. The van der Waals surface area contributed by atoms with Crippen molar-refractivity contribution in [3.05, 3.63) is 0 Å². The molecule has 14 heavy (non-hydrogen) atoms. The molecule has 0 amide bonds. The van der Waals surface area contributed by atoms with E-state index in [-0.39, 0.29) is 6.61 Å². The van der Waals surface area contributed by atoms with Gasteiger partial charge in [0, 0.05) is 16.6 Å². The second-order valence-corrected chi connectivity index (χ2v) is 4.04. The molecule has 0 N–H and O–H groups in total. The van der Waals surface area contributed by atoms with Crippen molar-refractivity contribution in [1.29, 1.82) is 0 Å². The van der Waals surface area contributed by atoms with Crippen molar-refractivity contribution >= 4 is 16.8 Å². The first-order chi connectivity index (χ1) is 6.35. The fourth-order valence-electron chi connectivity index (χ4n) is 0.636. The maximum Gasteiger partial charge on any atom is 0.390 e. The summed E-state index contributed by atoms with van der Waals surface area (Å²) in [5.41, 5.74) is 0. The summed E-state index contributed by atoms with van der Waals surface area (Å²) in [6.07, 6.45) is -5.47. The molecule has 1 atom stereocenters. The number of rotatable bonds is 5. The average Bonchev–Trinajstić information content (AvgIpc) is 2.00. The first kappa shape index (κ1) is 13.4. The van der Waals surface area contributed by atoms with Gasteiger partial charge in [-0.2, -0.15) is 13.2 Å². The molecule has 0 aliphatic heterocycles. The molecule has 0 bridgehead atoms. The zero-order valence-electron chi connectivity index (χ0n) is 7.60. The molecule has 0 saturated carbocycles. The first-order valence-corrected chi connectivity index (χ1v) is 5.41. The molecule has 0 rings (SSSR count). The van der Waals surface area contributed by atoms with E-state index in [1.807, 2.05) is 0 Å². The summed E-state index contributed by atoms with van der Waals surface area (Å²) in [6, 6.07) is 0. The van der Waals surface area contributed by atoms with Gasteiger partial charge in [0.05, 0.1) is 13.0 Å². The molecule has 0 aliphatic rings. The average molecular weight is 232 g/mol. The van der Waals surface area contributed by atoms with Crippen LogP contribution in [0.5, 0.6) is 0 Å². The molecular formula is C7H11F3O3S. The number of hydrogen-bond acceptors (Lipinski definition) is 3. The van der Waals surface area contributed by atoms with Gasteiger partial charge in [-0.15, -0.1) is 0 Å². The highest BCUT2D eigenvalue weighted by Crippen LogP contribution is 2.19. The minimum Gasteiger partial charge on any atom is -0.465 e. The Morgan fingerprint density at radius 2 is 2.00 bits per heavy atom. The molecule has 1 unspecified atom stereocenters. The van der Waals surface area contributed by atoms with Crippen LogP contribution in [0.1, 0.15) is 13.3 Å². The summed E-state index contributed by atoms with van der Waals surface area (Å²) in [6.45, 7) is 1.70. The van der Waals surface area contributed by atoms with Crippen LogP contribution in [-0.2, 0) is 20.3 Å². The van der Waals surface area contributed by atoms with E-state index >= 15 is 0 Å². The molecular weight excluding hydrogens is 221 g/mol. The lowest BCUT2D eigenvalue weighted by atomic mass is 10.5. The predicted molar refractivity (Wildman–Crippen MR) is 45.2 cm³/mol. The summed E-state index contributed by atoms with van der Waals surface area (Å²) in [4.78, 5) is 10.7. The van der Waals surface area contributed by atoms with Gasteiger partial charge in [0.1, 0.15) is 5.75 Å². The molecule has 0 aromatic heterocycles. The van der Waals surface area contributed by atoms with E-state index < -0.39 is 40.9 Å². The Balaban J connectivity index is 3.71. The van der Waals surface area contributed by atoms with Crippen molar-refractivity contribution in [2.75, 3.05) is 18.1 Å². The monoisotopic (exact) mass is 232 g/mol. The number of carbonyl (C=O) groups is 1. The maximum atomic E-state index is 11.7. The third-order valence-electron chi connectivity index (χ3n) is 1.20. The smallest absolute Gasteiger partial charge is 0.390 e. The number of carbonyl (C=O) groups excluding carboxylic acids is 1. The molecule has 0 heterocycles. The number of alkyl halides is 3. The largest absolute Gasteiger partial charge is 0.465 e. The van der Waals surface area contributed by atoms with Crippen LogP contribution in [-0.4, -0.2) is 34.5 Å². The number of halogens is 3. The number of hydrogen-bond donors (Lipinski definition) is 0. The van der Waals surface area contributed by atoms with Gasteiger partial charge in [0.2, 0.25) is 0 Å². The summed E-state index contributed by atoms with van der Waals surface area (Å²) >= 11 is 0. The molecule has 0 spiro atoms. The van der Waals surface area contributed by atoms with Gasteiger partial charge in [0.25, 0.3) is 0 Å². The van der Waals surface area contributed by atoms with E-state index in [9.17, 15) is 22.2 Å². The lowest BCUT2D eigenvalue weighted by molar-refractivity contribution is -0.140. The van der Waals surface area contributed by atoms with Gasteiger partial charge in [-0.1, -0.05) is 0 Å². The van der Waals surface area contributed by atoms with E-state index in [1.54, 1.807) is 6.92 Å². The fourth-order valence-corrected chi connectivity index (χ4v) is 1.59. The van der Waals surface area contributed by atoms with E-state index in [0.29, 0.717) is 0 Å². The molecule has 84 valence electrons. The zero-order chi connectivity index (χ0) is 11.2. The minimum atomic E-state index is -4.33. The van der Waals surface area contributed by atoms with Crippen LogP contribution < -0.4 is 0 Å². The predicted octanol–water partition coefficient (Wildman–Crippen LogP) is 1.25. The summed E-state index contributed by atoms with van der Waals surface area (Å²) < 4.78 is 50.3. The van der Waals surface area contributed by atoms with Gasteiger partial charge >= 0.3 is 12.1 Å². The van der Waals surface area contributed by atoms with Crippen molar-refractivity contribution in [2.45, 2.75) is 19.5 Å². The van der Waals surface area contributed by atoms with Crippen LogP contribution in [0.2, 0.25) is 0 Å². The Labute approximate surface area is 82.1 Å². The van der Waals surface area contributed by atoms with E-state index in [1.165, 1.54) is 0 Å². The summed E-state index contributed by atoms with van der Waals surface area (Å²) in [5, 5.41) is 0. The Hall–Kier alpha value is -0.590. The highest BCUT2D eigenvalue weighted by atomic mass is 32.2. The van der Waals surface area contributed by atoms with Crippen LogP contribution in [0.4, 0.5) is 13.2 Å². The van der Waals surface area contributed by atoms with Crippen molar-refractivity contribution in [1.82, 2.24) is 0 Å². The highest BCUT2D eigenvalue weighted by Gasteiger charge is 2.27. The van der Waals surface area contributed by atoms with Gasteiger partial charge in [-0.25, -0.2) is 0 Å². The Morgan fingerprint density at radius 3 is 2.43 bits per heavy atom. The standard InChI is InChI=1S/C7H11F3O3S/c1-2-13-6(11)5-14(12)4-3-7(8,9)10/h2-5H2,1H3. The van der Waals surface area contributed by atoms with Crippen molar-refractivity contribution < 1.29 is 26.9 Å². The van der Waals surface area contributed by atoms with Crippen LogP contribution in [0.3, 0.4) is 0 Å². The van der Waals surface area contributed by atoms with Crippen LogP contribution in [0.15, 0.2) is 0 Å². The Kier molecular flexibility index (Phi) is 5.75. The van der Waals surface area contributed by atoms with Crippen LogP contribution >= 0.6 is 0 Å². The highest BCUT2D eigenvalue weighted by molar-refractivity contribution is 7.85. The first-order valence-electron chi connectivity index (χ1n) is 3.92. The lowest BCUT2D eigenvalue weighted by Gasteiger charge is -2.05. The third-order valence-corrected chi connectivity index (χ3v) is 2.41. The molecule has 0 aromatic carbocycles. The van der Waals surface area contributed by atoms with Crippen molar-refractivity contribution in [2.24, 2.45) is 0 Å². The quantitative estimate of drug-likeness (QED) is 0.670. The molecule has 0 saturated heterocycles. The molecule has 7 heteroatoms. The lowest BCUT2D eigenvalue weighted by Crippen LogP contribution is -2.19. The normalized spacial score (nSPS) is 13.7. The molecule has 0 aromatic rings. The fraction of sp³-hybridized carbons (Fsp3) is 0.857. The maximum absolute atomic E-state index is 11.7. The van der Waals surface area contributed by atoms with E-state index in [4.69, 9.17) is 0 Å². The SMILES string of the molecule is CCOC(=O)CS(=O)CCC(F)(F)F. The third kappa shape index (κ3) is 8.03. The second-order valence-electron chi connectivity index (χ2n) is 2.46. The molecule has 0 fully saturated rings. The Bertz CT molecular complexity index is 215. The van der Waals surface area contributed by atoms with Gasteiger partial charge < -0.3 is 4.74 Å². The van der Waals surface area contributed by atoms with Gasteiger partial charge in [-0.05, 0) is 6.92 Å². The van der Waals surface area contributed by atoms with Crippen molar-refractivity contribution in [3.63, 3.8) is 0 Å². The van der Waals surface area contributed by atoms with E-state index in [2.05, 4.69) is 4.74 Å². The van der Waals surface area contributed by atoms with Gasteiger partial charge in [0.15, 0.2) is 0 Å². The molecule has 0 aliphatic carbocycles. The topological polar surface area (TPSA) is 43.4 Å². The number of ether oxygens (including phenoxy) is 1. The van der Waals surface area contributed by atoms with Gasteiger partial charge in [-0.3, -0.25) is 9.00 Å². The van der Waals surface area contributed by atoms with Crippen LogP contribution in [0.25, 0.3) is 0 Å². The summed E-state index contributed by atoms with van der Waals surface area (Å²) in [5.74, 6) is -1.75. The van der Waals surface area contributed by atoms with Crippen molar-refractivity contribution in [3.8, 4) is 0 Å². The van der Waals surface area contributed by atoms with E-state index in [0.717, 1.165) is 0 Å². The molecule has 0 radical (unpaired) electrons. The number of esters is 1. The zero-order valence-corrected chi connectivity index (χ0v) is 8.41. The van der Waals surface area contributed by atoms with Crippen LogP contribution in [0, 0.1) is 0 Å². The Morgan fingerprint density at radius 1 is 1.43 bits per heavy atom. The minimum absolute atomic E-state index is 0.134. The summed E-state index contributed by atoms with van der Waals surface area (Å²) in [7, 11) is -1.79.